The van der Waals surface area contributed by atoms with Gasteiger partial charge in [0, 0.05) is 6.04 Å². The molecule has 0 aromatic rings. The van der Waals surface area contributed by atoms with Crippen molar-refractivity contribution in [2.45, 2.75) is 64.5 Å². The van der Waals surface area contributed by atoms with Crippen molar-refractivity contribution in [1.82, 2.24) is 10.2 Å². The molecule has 2 rings (SSSR count). The van der Waals surface area contributed by atoms with Gasteiger partial charge in [0.25, 0.3) is 5.91 Å². The minimum absolute atomic E-state index is 0.0885. The number of carbonyl (C=O) groups is 1. The van der Waals surface area contributed by atoms with Gasteiger partial charge in [0.15, 0.2) is 5.11 Å². The Morgan fingerprint density at radius 1 is 1.41 bits per heavy atom. The number of amides is 1. The van der Waals surface area contributed by atoms with Gasteiger partial charge in [0.1, 0.15) is 6.04 Å². The zero-order valence-corrected chi connectivity index (χ0v) is 11.6. The van der Waals surface area contributed by atoms with Crippen LogP contribution in [0.4, 0.5) is 0 Å². The van der Waals surface area contributed by atoms with Gasteiger partial charge in [-0.1, -0.05) is 39.5 Å². The molecule has 2 atom stereocenters. The van der Waals surface area contributed by atoms with Gasteiger partial charge in [-0.3, -0.25) is 9.69 Å². The van der Waals surface area contributed by atoms with E-state index in [-0.39, 0.29) is 11.9 Å². The van der Waals surface area contributed by atoms with Gasteiger partial charge in [0.05, 0.1) is 0 Å². The lowest BCUT2D eigenvalue weighted by Gasteiger charge is -2.30. The second-order valence-electron chi connectivity index (χ2n) is 5.31. The van der Waals surface area contributed by atoms with Gasteiger partial charge < -0.3 is 5.32 Å². The smallest absolute Gasteiger partial charge is 0.251 e. The molecule has 4 heteroatoms. The maximum absolute atomic E-state index is 12.4. The second kappa shape index (κ2) is 5.34. The summed E-state index contributed by atoms with van der Waals surface area (Å²) in [6, 6.07) is 0.264. The van der Waals surface area contributed by atoms with Crippen LogP contribution in [0.1, 0.15) is 52.4 Å². The minimum atomic E-state index is -0.0885. The Labute approximate surface area is 109 Å². The van der Waals surface area contributed by atoms with Crippen LogP contribution in [0.25, 0.3) is 0 Å². The van der Waals surface area contributed by atoms with Gasteiger partial charge >= 0.3 is 0 Å². The summed E-state index contributed by atoms with van der Waals surface area (Å²) in [5.41, 5.74) is 0. The average Bonchev–Trinajstić information content (AvgIpc) is 2.65. The molecular weight excluding hydrogens is 232 g/mol. The molecule has 0 unspecified atom stereocenters. The normalized spacial score (nSPS) is 28.4. The van der Waals surface area contributed by atoms with E-state index in [4.69, 9.17) is 12.2 Å². The molecule has 0 aromatic carbocycles. The zero-order valence-electron chi connectivity index (χ0n) is 10.7. The summed E-state index contributed by atoms with van der Waals surface area (Å²) in [5.74, 6) is 0.560. The Morgan fingerprint density at radius 3 is 2.65 bits per heavy atom. The van der Waals surface area contributed by atoms with E-state index < -0.39 is 0 Å². The average molecular weight is 254 g/mol. The van der Waals surface area contributed by atoms with Crippen molar-refractivity contribution in [3.8, 4) is 0 Å². The number of hydrogen-bond acceptors (Lipinski definition) is 2. The summed E-state index contributed by atoms with van der Waals surface area (Å²) >= 11 is 5.34. The number of carbonyl (C=O) groups excluding carboxylic acids is 1. The first kappa shape index (κ1) is 12.8. The van der Waals surface area contributed by atoms with Crippen LogP contribution in [0, 0.1) is 5.92 Å². The maximum atomic E-state index is 12.4. The predicted molar refractivity (Wildman–Crippen MR) is 72.7 cm³/mol. The van der Waals surface area contributed by atoms with Crippen LogP contribution < -0.4 is 5.32 Å². The van der Waals surface area contributed by atoms with Crippen molar-refractivity contribution in [3.63, 3.8) is 0 Å². The van der Waals surface area contributed by atoms with Gasteiger partial charge in [0.2, 0.25) is 0 Å². The number of rotatable bonds is 3. The molecule has 96 valence electrons. The molecule has 2 fully saturated rings. The van der Waals surface area contributed by atoms with Crippen molar-refractivity contribution in [1.29, 1.82) is 0 Å². The lowest BCUT2D eigenvalue weighted by atomic mass is 9.93. The first-order chi connectivity index (χ1) is 8.15. The molecule has 1 heterocycles. The Morgan fingerprint density at radius 2 is 2.06 bits per heavy atom. The lowest BCUT2D eigenvalue weighted by Crippen LogP contribution is -2.42. The third-order valence-electron chi connectivity index (χ3n) is 4.15. The molecule has 0 bridgehead atoms. The fourth-order valence-corrected chi connectivity index (χ4v) is 3.19. The molecular formula is C13H22N2OS. The molecule has 0 radical (unpaired) electrons. The van der Waals surface area contributed by atoms with E-state index in [9.17, 15) is 4.79 Å². The molecule has 3 nitrogen and oxygen atoms in total. The Balaban J connectivity index is 2.07. The van der Waals surface area contributed by atoms with E-state index in [1.165, 1.54) is 19.3 Å². The van der Waals surface area contributed by atoms with Gasteiger partial charge in [-0.15, -0.1) is 0 Å². The zero-order chi connectivity index (χ0) is 12.4. The standard InChI is InChI=1S/C13H22N2OS/c1-3-9(2)11-12(16)15(13(17)14-11)10-7-5-4-6-8-10/h9-11H,3-8H2,1-2H3,(H,14,17)/t9-,11-/m1/s1. The predicted octanol–water partition coefficient (Wildman–Crippen LogP) is 2.45. The number of nitrogens with zero attached hydrogens (tertiary/aromatic N) is 1. The van der Waals surface area contributed by atoms with Crippen molar-refractivity contribution < 1.29 is 4.79 Å². The molecule has 1 aliphatic heterocycles. The molecule has 1 saturated heterocycles. The SMILES string of the molecule is CC[C@@H](C)[C@H]1NC(=S)N(C2CCCCC2)C1=O. The first-order valence-electron chi connectivity index (χ1n) is 6.78. The molecule has 17 heavy (non-hydrogen) atoms. The van der Waals surface area contributed by atoms with Crippen LogP contribution in [-0.4, -0.2) is 28.0 Å². The minimum Gasteiger partial charge on any atom is -0.350 e. The van der Waals surface area contributed by atoms with E-state index in [2.05, 4.69) is 19.2 Å². The largest absolute Gasteiger partial charge is 0.350 e. The molecule has 2 aliphatic rings. The van der Waals surface area contributed by atoms with E-state index >= 15 is 0 Å². The topological polar surface area (TPSA) is 32.3 Å². The fraction of sp³-hybridized carbons (Fsp3) is 0.846. The summed E-state index contributed by atoms with van der Waals surface area (Å²) in [5, 5.41) is 3.87. The van der Waals surface area contributed by atoms with Crippen molar-refractivity contribution in [2.75, 3.05) is 0 Å². The third-order valence-corrected chi connectivity index (χ3v) is 4.47. The van der Waals surface area contributed by atoms with Crippen LogP contribution in [0.2, 0.25) is 0 Å². The molecule has 0 aromatic heterocycles. The van der Waals surface area contributed by atoms with Crippen LogP contribution >= 0.6 is 12.2 Å². The van der Waals surface area contributed by atoms with Gasteiger partial charge in [-0.25, -0.2) is 0 Å². The molecule has 1 N–H and O–H groups in total. The molecule has 1 amide bonds. The Bertz CT molecular complexity index is 313. The molecule has 1 aliphatic carbocycles. The maximum Gasteiger partial charge on any atom is 0.251 e. The van der Waals surface area contributed by atoms with E-state index in [1.807, 2.05) is 4.90 Å². The van der Waals surface area contributed by atoms with Crippen LogP contribution in [-0.2, 0) is 4.79 Å². The summed E-state index contributed by atoms with van der Waals surface area (Å²) in [6.07, 6.45) is 6.98. The second-order valence-corrected chi connectivity index (χ2v) is 5.70. The fourth-order valence-electron chi connectivity index (χ4n) is 2.82. The van der Waals surface area contributed by atoms with Crippen LogP contribution in [0.3, 0.4) is 0 Å². The number of hydrogen-bond donors (Lipinski definition) is 1. The highest BCUT2D eigenvalue weighted by Gasteiger charge is 2.41. The summed E-state index contributed by atoms with van der Waals surface area (Å²) in [4.78, 5) is 14.3. The van der Waals surface area contributed by atoms with Crippen molar-refractivity contribution in [2.24, 2.45) is 5.92 Å². The summed E-state index contributed by atoms with van der Waals surface area (Å²) in [6.45, 7) is 4.23. The third kappa shape index (κ3) is 2.46. The molecule has 1 saturated carbocycles. The van der Waals surface area contributed by atoms with Gasteiger partial charge in [-0.2, -0.15) is 0 Å². The number of thiocarbonyl (C=S) groups is 1. The van der Waals surface area contributed by atoms with E-state index in [1.54, 1.807) is 0 Å². The number of nitrogens with one attached hydrogen (secondary N) is 1. The highest BCUT2D eigenvalue weighted by atomic mass is 32.1. The molecule has 0 spiro atoms. The van der Waals surface area contributed by atoms with E-state index in [0.29, 0.717) is 17.1 Å². The summed E-state index contributed by atoms with van der Waals surface area (Å²) < 4.78 is 0. The Kier molecular flexibility index (Phi) is 4.02. The highest BCUT2D eigenvalue weighted by Crippen LogP contribution is 2.27. The lowest BCUT2D eigenvalue weighted by molar-refractivity contribution is -0.130. The van der Waals surface area contributed by atoms with Crippen molar-refractivity contribution in [3.05, 3.63) is 0 Å². The highest BCUT2D eigenvalue weighted by molar-refractivity contribution is 7.80. The van der Waals surface area contributed by atoms with Crippen molar-refractivity contribution >= 4 is 23.2 Å². The van der Waals surface area contributed by atoms with Crippen LogP contribution in [0.5, 0.6) is 0 Å². The monoisotopic (exact) mass is 254 g/mol. The van der Waals surface area contributed by atoms with Gasteiger partial charge in [-0.05, 0) is 31.0 Å². The first-order valence-corrected chi connectivity index (χ1v) is 7.19. The Hall–Kier alpha value is -0.640. The summed E-state index contributed by atoms with van der Waals surface area (Å²) in [7, 11) is 0. The van der Waals surface area contributed by atoms with E-state index in [0.717, 1.165) is 19.3 Å². The quantitative estimate of drug-likeness (QED) is 0.785. The van der Waals surface area contributed by atoms with Crippen LogP contribution in [0.15, 0.2) is 0 Å².